The van der Waals surface area contributed by atoms with Gasteiger partial charge in [0, 0.05) is 32.2 Å². The van der Waals surface area contributed by atoms with Crippen LogP contribution in [0, 0.1) is 5.92 Å². The zero-order chi connectivity index (χ0) is 14.7. The quantitative estimate of drug-likeness (QED) is 0.773. The highest BCUT2D eigenvalue weighted by atomic mass is 32.2. The molecule has 21 heavy (non-hydrogen) atoms. The molecule has 0 aromatic carbocycles. The number of rotatable bonds is 4. The molecule has 0 aromatic heterocycles. The molecule has 6 nitrogen and oxygen atoms in total. The number of nitrogens with zero attached hydrogens (tertiary/aromatic N) is 2. The van der Waals surface area contributed by atoms with E-state index in [1.165, 1.54) is 0 Å². The van der Waals surface area contributed by atoms with Gasteiger partial charge in [-0.2, -0.15) is 0 Å². The SMILES string of the molecule is O=S(=O)(CC1CCNCC1)N1CCC(N2CCOCC2)C1. The summed E-state index contributed by atoms with van der Waals surface area (Å²) in [5.74, 6) is 0.670. The van der Waals surface area contributed by atoms with Gasteiger partial charge in [-0.25, -0.2) is 12.7 Å². The largest absolute Gasteiger partial charge is 0.379 e. The van der Waals surface area contributed by atoms with Crippen molar-refractivity contribution in [3.8, 4) is 0 Å². The Labute approximate surface area is 127 Å². The molecule has 7 heteroatoms. The summed E-state index contributed by atoms with van der Waals surface area (Å²) >= 11 is 0. The minimum atomic E-state index is -3.08. The molecule has 3 rings (SSSR count). The summed E-state index contributed by atoms with van der Waals surface area (Å²) in [4.78, 5) is 2.39. The molecule has 3 aliphatic heterocycles. The Balaban J connectivity index is 1.53. The standard InChI is InChI=1S/C14H27N3O3S/c18-21(19,12-13-1-4-15-5-2-13)17-6-3-14(11-17)16-7-9-20-10-8-16/h13-15H,1-12H2. The maximum Gasteiger partial charge on any atom is 0.214 e. The lowest BCUT2D eigenvalue weighted by atomic mass is 10.0. The fourth-order valence-corrected chi connectivity index (χ4v) is 5.58. The van der Waals surface area contributed by atoms with E-state index in [1.807, 2.05) is 0 Å². The van der Waals surface area contributed by atoms with Crippen molar-refractivity contribution in [2.75, 3.05) is 58.2 Å². The lowest BCUT2D eigenvalue weighted by Crippen LogP contribution is -2.45. The first-order valence-electron chi connectivity index (χ1n) is 8.15. The number of hydrogen-bond acceptors (Lipinski definition) is 5. The summed E-state index contributed by atoms with van der Waals surface area (Å²) in [6.07, 6.45) is 2.94. The van der Waals surface area contributed by atoms with Gasteiger partial charge in [-0.1, -0.05) is 0 Å². The van der Waals surface area contributed by atoms with Gasteiger partial charge in [0.1, 0.15) is 0 Å². The first kappa shape index (κ1) is 15.7. The third kappa shape index (κ3) is 3.96. The van der Waals surface area contributed by atoms with Gasteiger partial charge in [0.25, 0.3) is 0 Å². The molecule has 0 amide bonds. The van der Waals surface area contributed by atoms with E-state index in [0.29, 0.717) is 30.8 Å². The molecule has 0 radical (unpaired) electrons. The first-order valence-corrected chi connectivity index (χ1v) is 9.76. The van der Waals surface area contributed by atoms with Gasteiger partial charge in [0.15, 0.2) is 0 Å². The molecule has 0 spiro atoms. The van der Waals surface area contributed by atoms with Crippen LogP contribution in [0.25, 0.3) is 0 Å². The van der Waals surface area contributed by atoms with Crippen LogP contribution in [0.1, 0.15) is 19.3 Å². The van der Waals surface area contributed by atoms with Crippen LogP contribution in [-0.4, -0.2) is 81.9 Å². The first-order chi connectivity index (χ1) is 10.1. The Morgan fingerprint density at radius 1 is 1.05 bits per heavy atom. The van der Waals surface area contributed by atoms with Crippen molar-refractivity contribution in [2.45, 2.75) is 25.3 Å². The maximum atomic E-state index is 12.6. The second-order valence-electron chi connectivity index (χ2n) is 6.42. The summed E-state index contributed by atoms with van der Waals surface area (Å²) in [5.41, 5.74) is 0. The van der Waals surface area contributed by atoms with Crippen molar-refractivity contribution in [1.82, 2.24) is 14.5 Å². The second-order valence-corrected chi connectivity index (χ2v) is 8.43. The van der Waals surface area contributed by atoms with E-state index in [1.54, 1.807) is 4.31 Å². The van der Waals surface area contributed by atoms with Gasteiger partial charge >= 0.3 is 0 Å². The van der Waals surface area contributed by atoms with E-state index < -0.39 is 10.0 Å². The van der Waals surface area contributed by atoms with Crippen molar-refractivity contribution < 1.29 is 13.2 Å². The third-order valence-electron chi connectivity index (χ3n) is 4.99. The average molecular weight is 317 g/mol. The molecule has 3 aliphatic rings. The lowest BCUT2D eigenvalue weighted by molar-refractivity contribution is 0.0196. The number of ether oxygens (including phenoxy) is 1. The van der Waals surface area contributed by atoms with Crippen molar-refractivity contribution in [3.05, 3.63) is 0 Å². The van der Waals surface area contributed by atoms with Gasteiger partial charge in [-0.05, 0) is 38.3 Å². The lowest BCUT2D eigenvalue weighted by Gasteiger charge is -2.32. The zero-order valence-electron chi connectivity index (χ0n) is 12.7. The number of morpholine rings is 1. The van der Waals surface area contributed by atoms with Crippen LogP contribution >= 0.6 is 0 Å². The zero-order valence-corrected chi connectivity index (χ0v) is 13.5. The Morgan fingerprint density at radius 3 is 2.48 bits per heavy atom. The number of nitrogens with one attached hydrogen (secondary N) is 1. The van der Waals surface area contributed by atoms with Crippen molar-refractivity contribution in [1.29, 1.82) is 0 Å². The topological polar surface area (TPSA) is 61.9 Å². The molecule has 3 fully saturated rings. The minimum Gasteiger partial charge on any atom is -0.379 e. The van der Waals surface area contributed by atoms with E-state index >= 15 is 0 Å². The van der Waals surface area contributed by atoms with E-state index in [0.717, 1.165) is 58.7 Å². The highest BCUT2D eigenvalue weighted by Crippen LogP contribution is 2.23. The van der Waals surface area contributed by atoms with E-state index in [-0.39, 0.29) is 0 Å². The number of hydrogen-bond donors (Lipinski definition) is 1. The highest BCUT2D eigenvalue weighted by molar-refractivity contribution is 7.89. The maximum absolute atomic E-state index is 12.6. The molecule has 0 aliphatic carbocycles. The molecular weight excluding hydrogens is 290 g/mol. The van der Waals surface area contributed by atoms with Gasteiger partial charge in [0.05, 0.1) is 19.0 Å². The van der Waals surface area contributed by atoms with Crippen LogP contribution in [0.15, 0.2) is 0 Å². The molecule has 0 bridgehead atoms. The molecule has 1 N–H and O–H groups in total. The van der Waals surface area contributed by atoms with Crippen LogP contribution in [0.2, 0.25) is 0 Å². The van der Waals surface area contributed by atoms with Crippen molar-refractivity contribution in [2.24, 2.45) is 5.92 Å². The van der Waals surface area contributed by atoms with Crippen LogP contribution in [-0.2, 0) is 14.8 Å². The van der Waals surface area contributed by atoms with E-state index in [4.69, 9.17) is 4.74 Å². The molecule has 0 aromatic rings. The van der Waals surface area contributed by atoms with Crippen LogP contribution in [0.3, 0.4) is 0 Å². The molecule has 122 valence electrons. The van der Waals surface area contributed by atoms with Gasteiger partial charge in [-0.3, -0.25) is 4.90 Å². The van der Waals surface area contributed by atoms with Gasteiger partial charge in [0.2, 0.25) is 10.0 Å². The van der Waals surface area contributed by atoms with E-state index in [9.17, 15) is 8.42 Å². The fourth-order valence-electron chi connectivity index (χ4n) is 3.66. The predicted octanol–water partition coefficient (Wildman–Crippen LogP) is -0.278. The molecular formula is C14H27N3O3S. The molecule has 1 unspecified atom stereocenters. The van der Waals surface area contributed by atoms with Crippen molar-refractivity contribution >= 4 is 10.0 Å². The Kier molecular flexibility index (Phi) is 5.16. The third-order valence-corrected chi connectivity index (χ3v) is 7.00. The predicted molar refractivity (Wildman–Crippen MR) is 81.8 cm³/mol. The van der Waals surface area contributed by atoms with Crippen LogP contribution in [0.5, 0.6) is 0 Å². The Hall–Kier alpha value is -0.210. The molecule has 0 saturated carbocycles. The summed E-state index contributed by atoms with van der Waals surface area (Å²) in [6, 6.07) is 0.386. The Morgan fingerprint density at radius 2 is 1.76 bits per heavy atom. The smallest absolute Gasteiger partial charge is 0.214 e. The van der Waals surface area contributed by atoms with Crippen LogP contribution < -0.4 is 5.32 Å². The minimum absolute atomic E-state index is 0.332. The van der Waals surface area contributed by atoms with Crippen molar-refractivity contribution in [3.63, 3.8) is 0 Å². The summed E-state index contributed by atoms with van der Waals surface area (Å²) < 4.78 is 32.3. The number of piperidine rings is 1. The monoisotopic (exact) mass is 317 g/mol. The molecule has 3 heterocycles. The summed E-state index contributed by atoms with van der Waals surface area (Å²) in [6.45, 7) is 6.70. The molecule has 3 saturated heterocycles. The van der Waals surface area contributed by atoms with Gasteiger partial charge < -0.3 is 10.1 Å². The van der Waals surface area contributed by atoms with E-state index in [2.05, 4.69) is 10.2 Å². The second kappa shape index (κ2) is 6.91. The summed E-state index contributed by atoms with van der Waals surface area (Å²) in [5, 5.41) is 3.29. The number of sulfonamides is 1. The normalized spacial score (nSPS) is 30.8. The Bertz CT molecular complexity index is 431. The van der Waals surface area contributed by atoms with Gasteiger partial charge in [-0.15, -0.1) is 0 Å². The average Bonchev–Trinajstić information content (AvgIpc) is 2.99. The summed E-state index contributed by atoms with van der Waals surface area (Å²) in [7, 11) is -3.08. The fraction of sp³-hybridized carbons (Fsp3) is 1.00. The molecule has 1 atom stereocenters. The van der Waals surface area contributed by atoms with Crippen LogP contribution in [0.4, 0.5) is 0 Å². The highest BCUT2D eigenvalue weighted by Gasteiger charge is 2.35.